The summed E-state index contributed by atoms with van der Waals surface area (Å²) in [6.45, 7) is -2.97. The van der Waals surface area contributed by atoms with Gasteiger partial charge in [-0.25, -0.2) is 4.68 Å². The van der Waals surface area contributed by atoms with Crippen LogP contribution in [0, 0.1) is 0 Å². The maximum Gasteiger partial charge on any atom is 0.388 e. The molecule has 1 aromatic heterocycles. The quantitative estimate of drug-likeness (QED) is 0.936. The molecule has 4 nitrogen and oxygen atoms in total. The van der Waals surface area contributed by atoms with Crippen molar-refractivity contribution < 1.29 is 18.6 Å². The average Bonchev–Trinajstić information content (AvgIpc) is 2.58. The first-order valence-electron chi connectivity index (χ1n) is 4.95. The molecule has 0 bridgehead atoms. The minimum atomic E-state index is -2.97. The van der Waals surface area contributed by atoms with Crippen LogP contribution in [-0.2, 0) is 7.05 Å². The third kappa shape index (κ3) is 2.38. The predicted octanol–water partition coefficient (Wildman–Crippen LogP) is 3.05. The van der Waals surface area contributed by atoms with E-state index in [1.807, 2.05) is 0 Å². The Morgan fingerprint density at radius 1 is 1.33 bits per heavy atom. The average molecular weight is 275 g/mol. The molecule has 0 aliphatic rings. The second-order valence-electron chi connectivity index (χ2n) is 3.52. The molecule has 2 rings (SSSR count). The number of aromatic nitrogens is 2. The highest BCUT2D eigenvalue weighted by Gasteiger charge is 2.19. The molecule has 0 spiro atoms. The fourth-order valence-corrected chi connectivity index (χ4v) is 1.81. The highest BCUT2D eigenvalue weighted by molar-refractivity contribution is 6.34. The number of nitrogens with zero attached hydrogens (tertiary/aromatic N) is 2. The van der Waals surface area contributed by atoms with Crippen LogP contribution in [0.1, 0.15) is 0 Å². The van der Waals surface area contributed by atoms with E-state index in [9.17, 15) is 8.78 Å². The minimum absolute atomic E-state index is 0.00323. The Morgan fingerprint density at radius 3 is 2.50 bits per heavy atom. The van der Waals surface area contributed by atoms with Gasteiger partial charge in [0.25, 0.3) is 0 Å². The molecular weight excluding hydrogens is 266 g/mol. The molecular formula is C11H9ClF2N2O2. The molecule has 18 heavy (non-hydrogen) atoms. The molecule has 0 aliphatic heterocycles. The van der Waals surface area contributed by atoms with Crippen LogP contribution in [0.3, 0.4) is 0 Å². The number of aryl methyl sites for hydroxylation is 1. The lowest BCUT2D eigenvalue weighted by molar-refractivity contribution is -0.0552. The van der Waals surface area contributed by atoms with E-state index in [0.29, 0.717) is 11.3 Å². The van der Waals surface area contributed by atoms with Crippen LogP contribution in [0.4, 0.5) is 8.78 Å². The number of ether oxygens (including phenoxy) is 1. The van der Waals surface area contributed by atoms with Crippen molar-refractivity contribution in [3.05, 3.63) is 29.3 Å². The second kappa shape index (κ2) is 4.81. The van der Waals surface area contributed by atoms with E-state index in [2.05, 4.69) is 9.84 Å². The summed E-state index contributed by atoms with van der Waals surface area (Å²) in [5.74, 6) is -0.107. The third-order valence-electron chi connectivity index (χ3n) is 2.28. The second-order valence-corrected chi connectivity index (χ2v) is 3.89. The number of phenols is 1. The van der Waals surface area contributed by atoms with Gasteiger partial charge in [-0.1, -0.05) is 11.6 Å². The summed E-state index contributed by atoms with van der Waals surface area (Å²) >= 11 is 5.94. The van der Waals surface area contributed by atoms with Crippen LogP contribution in [0.25, 0.3) is 11.3 Å². The number of alkyl halides is 2. The lowest BCUT2D eigenvalue weighted by atomic mass is 10.1. The fourth-order valence-electron chi connectivity index (χ4n) is 1.50. The standard InChI is InChI=1S/C11H9ClF2N2O2/c1-16-10(18-11(13)14)8(12)9(15-16)6-2-4-7(17)5-3-6/h2-5,11,17H,1H3. The molecule has 0 saturated carbocycles. The molecule has 0 unspecified atom stereocenters. The minimum Gasteiger partial charge on any atom is -0.508 e. The van der Waals surface area contributed by atoms with Gasteiger partial charge in [-0.3, -0.25) is 0 Å². The van der Waals surface area contributed by atoms with E-state index in [1.54, 1.807) is 12.1 Å². The maximum atomic E-state index is 12.2. The predicted molar refractivity (Wildman–Crippen MR) is 62.0 cm³/mol. The van der Waals surface area contributed by atoms with E-state index >= 15 is 0 Å². The molecule has 0 saturated heterocycles. The van der Waals surface area contributed by atoms with Gasteiger partial charge in [0, 0.05) is 12.6 Å². The largest absolute Gasteiger partial charge is 0.508 e. The van der Waals surface area contributed by atoms with Crippen molar-refractivity contribution in [1.82, 2.24) is 9.78 Å². The lowest BCUT2D eigenvalue weighted by Crippen LogP contribution is -2.06. The maximum absolute atomic E-state index is 12.2. The van der Waals surface area contributed by atoms with E-state index < -0.39 is 6.61 Å². The zero-order valence-electron chi connectivity index (χ0n) is 9.27. The SMILES string of the molecule is Cn1nc(-c2ccc(O)cc2)c(Cl)c1OC(F)F. The number of phenolic OH excluding ortho intramolecular Hbond substituents is 1. The van der Waals surface area contributed by atoms with Crippen molar-refractivity contribution in [3.8, 4) is 22.9 Å². The monoisotopic (exact) mass is 274 g/mol. The van der Waals surface area contributed by atoms with Gasteiger partial charge in [-0.05, 0) is 24.3 Å². The smallest absolute Gasteiger partial charge is 0.388 e. The normalized spacial score (nSPS) is 10.9. The number of hydrogen-bond donors (Lipinski definition) is 1. The van der Waals surface area contributed by atoms with Gasteiger partial charge in [0.1, 0.15) is 16.5 Å². The molecule has 0 fully saturated rings. The first-order valence-corrected chi connectivity index (χ1v) is 5.33. The Bertz CT molecular complexity index is 555. The molecule has 0 radical (unpaired) electrons. The molecule has 0 aliphatic carbocycles. The number of hydrogen-bond acceptors (Lipinski definition) is 3. The summed E-state index contributed by atoms with van der Waals surface area (Å²) in [5, 5.41) is 13.2. The number of aromatic hydroxyl groups is 1. The van der Waals surface area contributed by atoms with Crippen LogP contribution in [-0.4, -0.2) is 21.5 Å². The first-order chi connectivity index (χ1) is 8.49. The summed E-state index contributed by atoms with van der Waals surface area (Å²) < 4.78 is 29.8. The summed E-state index contributed by atoms with van der Waals surface area (Å²) in [6, 6.07) is 6.06. The van der Waals surface area contributed by atoms with Gasteiger partial charge in [0.05, 0.1) is 0 Å². The van der Waals surface area contributed by atoms with Crippen molar-refractivity contribution in [2.24, 2.45) is 7.05 Å². The number of halogens is 3. The fraction of sp³-hybridized carbons (Fsp3) is 0.182. The van der Waals surface area contributed by atoms with Gasteiger partial charge < -0.3 is 9.84 Å². The number of rotatable bonds is 3. The van der Waals surface area contributed by atoms with E-state index in [4.69, 9.17) is 16.7 Å². The van der Waals surface area contributed by atoms with Gasteiger partial charge in [0.2, 0.25) is 5.88 Å². The topological polar surface area (TPSA) is 47.3 Å². The summed E-state index contributed by atoms with van der Waals surface area (Å²) in [5.41, 5.74) is 0.910. The van der Waals surface area contributed by atoms with E-state index in [-0.39, 0.29) is 16.7 Å². The van der Waals surface area contributed by atoms with Gasteiger partial charge in [-0.2, -0.15) is 13.9 Å². The third-order valence-corrected chi connectivity index (χ3v) is 2.62. The zero-order chi connectivity index (χ0) is 13.3. The molecule has 1 aromatic carbocycles. The summed E-state index contributed by atoms with van der Waals surface area (Å²) in [7, 11) is 1.45. The zero-order valence-corrected chi connectivity index (χ0v) is 10.0. The molecule has 1 heterocycles. The van der Waals surface area contributed by atoms with Gasteiger partial charge >= 0.3 is 6.61 Å². The van der Waals surface area contributed by atoms with Crippen molar-refractivity contribution in [3.63, 3.8) is 0 Å². The van der Waals surface area contributed by atoms with Crippen molar-refractivity contribution in [1.29, 1.82) is 0 Å². The van der Waals surface area contributed by atoms with Crippen LogP contribution in [0.2, 0.25) is 5.02 Å². The van der Waals surface area contributed by atoms with Crippen molar-refractivity contribution in [2.45, 2.75) is 6.61 Å². The Hall–Kier alpha value is -1.82. The molecule has 96 valence electrons. The van der Waals surface area contributed by atoms with Crippen molar-refractivity contribution >= 4 is 11.6 Å². The molecule has 0 amide bonds. The Kier molecular flexibility index (Phi) is 3.38. The lowest BCUT2D eigenvalue weighted by Gasteiger charge is -2.03. The Balaban J connectivity index is 2.43. The highest BCUT2D eigenvalue weighted by atomic mass is 35.5. The Morgan fingerprint density at radius 2 is 1.94 bits per heavy atom. The van der Waals surface area contributed by atoms with Crippen LogP contribution in [0.5, 0.6) is 11.6 Å². The molecule has 0 atom stereocenters. The number of benzene rings is 1. The molecule has 2 aromatic rings. The summed E-state index contributed by atoms with van der Waals surface area (Å²) in [6.07, 6.45) is 0. The van der Waals surface area contributed by atoms with Crippen LogP contribution >= 0.6 is 11.6 Å². The molecule has 1 N–H and O–H groups in total. The van der Waals surface area contributed by atoms with E-state index in [1.165, 1.54) is 19.2 Å². The van der Waals surface area contributed by atoms with Crippen LogP contribution < -0.4 is 4.74 Å². The van der Waals surface area contributed by atoms with Gasteiger partial charge in [-0.15, -0.1) is 0 Å². The van der Waals surface area contributed by atoms with Crippen molar-refractivity contribution in [2.75, 3.05) is 0 Å². The van der Waals surface area contributed by atoms with E-state index in [0.717, 1.165) is 4.68 Å². The summed E-state index contributed by atoms with van der Waals surface area (Å²) in [4.78, 5) is 0. The van der Waals surface area contributed by atoms with Gasteiger partial charge in [0.15, 0.2) is 0 Å². The molecule has 7 heteroatoms. The van der Waals surface area contributed by atoms with Crippen LogP contribution in [0.15, 0.2) is 24.3 Å². The first kappa shape index (κ1) is 12.6. The Labute approximate surface area is 106 Å². The highest BCUT2D eigenvalue weighted by Crippen LogP contribution is 2.35.